The van der Waals surface area contributed by atoms with Crippen molar-refractivity contribution in [2.75, 3.05) is 24.5 Å². The van der Waals surface area contributed by atoms with Crippen molar-refractivity contribution in [2.24, 2.45) is 0 Å². The lowest BCUT2D eigenvalue weighted by atomic mass is 10.0. The van der Waals surface area contributed by atoms with E-state index in [9.17, 15) is 24.3 Å². The summed E-state index contributed by atoms with van der Waals surface area (Å²) in [5.74, 6) is -4.44. The molecule has 1 saturated heterocycles. The van der Waals surface area contributed by atoms with E-state index in [1.165, 1.54) is 16.7 Å². The number of amides is 1. The normalized spacial score (nSPS) is 15.0. The molecule has 0 saturated carbocycles. The molecule has 4 heterocycles. The number of carbonyl (C=O) groups excluding carboxylic acids is 1. The Morgan fingerprint density at radius 3 is 2.50 bits per heavy atom. The molecule has 1 amide bonds. The summed E-state index contributed by atoms with van der Waals surface area (Å²) in [7, 11) is 0. The average molecular weight is 688 g/mol. The maximum absolute atomic E-state index is 15.4. The highest BCUT2D eigenvalue weighted by Gasteiger charge is 2.33. The second kappa shape index (κ2) is 12.5. The molecule has 0 bridgehead atoms. The first kappa shape index (κ1) is 33.1. The zero-order chi connectivity index (χ0) is 33.8. The highest BCUT2D eigenvalue weighted by Crippen LogP contribution is 2.46. The van der Waals surface area contributed by atoms with Gasteiger partial charge in [-0.1, -0.05) is 55.2 Å². The fourth-order valence-electron chi connectivity index (χ4n) is 5.80. The van der Waals surface area contributed by atoms with Crippen molar-refractivity contribution in [2.45, 2.75) is 39.7 Å². The molecule has 0 unspecified atom stereocenters. The number of halogens is 5. The molecule has 5 rings (SSSR count). The van der Waals surface area contributed by atoms with E-state index in [2.05, 4.69) is 22.6 Å². The molecule has 238 valence electrons. The molecule has 14 heteroatoms. The van der Waals surface area contributed by atoms with Crippen LogP contribution in [0.2, 0.25) is 15.1 Å². The van der Waals surface area contributed by atoms with Crippen LogP contribution in [0.1, 0.15) is 43.5 Å². The van der Waals surface area contributed by atoms with E-state index in [1.807, 2.05) is 20.8 Å². The second-order valence-electron chi connectivity index (χ2n) is 11.2. The number of piperazine rings is 1. The van der Waals surface area contributed by atoms with E-state index in [0.29, 0.717) is 16.9 Å². The van der Waals surface area contributed by atoms with Crippen molar-refractivity contribution >= 4 is 57.4 Å². The van der Waals surface area contributed by atoms with Gasteiger partial charge < -0.3 is 14.9 Å². The molecule has 46 heavy (non-hydrogen) atoms. The molecule has 1 aliphatic rings. The molecular formula is C32H27Cl3F2N6O3. The van der Waals surface area contributed by atoms with Crippen molar-refractivity contribution in [3.63, 3.8) is 0 Å². The molecule has 3 aromatic heterocycles. The van der Waals surface area contributed by atoms with E-state index >= 15 is 4.39 Å². The Kier molecular flexibility index (Phi) is 9.01. The van der Waals surface area contributed by atoms with Gasteiger partial charge in [-0.3, -0.25) is 19.1 Å². The van der Waals surface area contributed by atoms with Crippen molar-refractivity contribution < 1.29 is 18.7 Å². The largest absolute Gasteiger partial charge is 0.505 e. The summed E-state index contributed by atoms with van der Waals surface area (Å²) in [6.07, 6.45) is 2.81. The van der Waals surface area contributed by atoms with Crippen LogP contribution < -0.4 is 10.5 Å². The number of hydrogen-bond acceptors (Lipinski definition) is 7. The zero-order valence-corrected chi connectivity index (χ0v) is 27.4. The van der Waals surface area contributed by atoms with Crippen LogP contribution >= 0.6 is 34.8 Å². The minimum Gasteiger partial charge on any atom is -0.505 e. The van der Waals surface area contributed by atoms with Crippen molar-refractivity contribution in [3.8, 4) is 28.8 Å². The van der Waals surface area contributed by atoms with E-state index in [4.69, 9.17) is 34.8 Å². The molecule has 0 spiro atoms. The van der Waals surface area contributed by atoms with Crippen LogP contribution in [-0.4, -0.2) is 56.1 Å². The number of fused-ring (bicyclic) bond motifs is 1. The standard InChI is InChI=1S/C32H27Cl3F2N6O3/c1-6-20(44)42-10-9-41(13-16(42)5)29-17-11-19(33)27(21-22(34)30(45)23(35)25(37)24(21)36)40-31(17)43(32(46)18(29)12-38)28-15(4)7-8-39-26(28)14(2)3/h6-8,11,14,16,45H,1,9-10,13H2,2-5H3/t16-/m1/s1. The Morgan fingerprint density at radius 2 is 1.89 bits per heavy atom. The molecule has 1 aliphatic heterocycles. The van der Waals surface area contributed by atoms with Gasteiger partial charge in [-0.2, -0.15) is 5.26 Å². The van der Waals surface area contributed by atoms with Gasteiger partial charge in [-0.05, 0) is 43.5 Å². The molecule has 1 fully saturated rings. The molecule has 9 nitrogen and oxygen atoms in total. The van der Waals surface area contributed by atoms with Crippen LogP contribution in [0.3, 0.4) is 0 Å². The predicted molar refractivity (Wildman–Crippen MR) is 174 cm³/mol. The number of aryl methyl sites for hydroxylation is 1. The topological polar surface area (TPSA) is 115 Å². The van der Waals surface area contributed by atoms with Crippen LogP contribution in [0.4, 0.5) is 14.5 Å². The first-order chi connectivity index (χ1) is 21.7. The number of nitrogens with zero attached hydrogens (tertiary/aromatic N) is 6. The second-order valence-corrected chi connectivity index (χ2v) is 12.4. The molecule has 1 N–H and O–H groups in total. The Morgan fingerprint density at radius 1 is 1.20 bits per heavy atom. The predicted octanol–water partition coefficient (Wildman–Crippen LogP) is 6.92. The number of hydrogen-bond donors (Lipinski definition) is 1. The first-order valence-electron chi connectivity index (χ1n) is 14.1. The van der Waals surface area contributed by atoms with Gasteiger partial charge in [-0.15, -0.1) is 0 Å². The summed E-state index contributed by atoms with van der Waals surface area (Å²) in [5, 5.41) is 19.3. The van der Waals surface area contributed by atoms with Crippen LogP contribution in [0, 0.1) is 29.9 Å². The summed E-state index contributed by atoms with van der Waals surface area (Å²) >= 11 is 18.7. The van der Waals surface area contributed by atoms with Crippen LogP contribution in [0.25, 0.3) is 28.0 Å². The van der Waals surface area contributed by atoms with Crippen molar-refractivity contribution in [1.82, 2.24) is 19.4 Å². The number of carbonyl (C=O) groups is 1. The Labute approximate surface area is 277 Å². The SMILES string of the molecule is C=CC(=O)N1CCN(c2c(C#N)c(=O)n(-c3c(C)ccnc3C(C)C)c3nc(-c4c(F)c(F)c(Cl)c(O)c4Cl)c(Cl)cc23)C[C@H]1C. The monoisotopic (exact) mass is 686 g/mol. The lowest BCUT2D eigenvalue weighted by Gasteiger charge is -2.41. The maximum atomic E-state index is 15.4. The molecule has 0 aliphatic carbocycles. The van der Waals surface area contributed by atoms with Crippen LogP contribution in [-0.2, 0) is 4.79 Å². The molecule has 0 radical (unpaired) electrons. The van der Waals surface area contributed by atoms with Crippen LogP contribution in [0.5, 0.6) is 5.75 Å². The van der Waals surface area contributed by atoms with Gasteiger partial charge in [-0.25, -0.2) is 13.8 Å². The van der Waals surface area contributed by atoms with Gasteiger partial charge in [0.05, 0.1) is 38.4 Å². The minimum atomic E-state index is -1.57. The third-order valence-corrected chi connectivity index (χ3v) is 8.99. The fourth-order valence-corrected chi connectivity index (χ4v) is 6.54. The van der Waals surface area contributed by atoms with E-state index in [-0.39, 0.29) is 70.5 Å². The summed E-state index contributed by atoms with van der Waals surface area (Å²) in [6.45, 7) is 11.7. The van der Waals surface area contributed by atoms with Crippen LogP contribution in [0.15, 0.2) is 35.8 Å². The molecule has 4 aromatic rings. The Bertz CT molecular complexity index is 2030. The number of aromatic hydroxyl groups is 1. The zero-order valence-electron chi connectivity index (χ0n) is 25.1. The van der Waals surface area contributed by atoms with Gasteiger partial charge >= 0.3 is 0 Å². The van der Waals surface area contributed by atoms with Gasteiger partial charge in [0.15, 0.2) is 17.4 Å². The number of pyridine rings is 3. The van der Waals surface area contributed by atoms with Gasteiger partial charge in [0.2, 0.25) is 5.91 Å². The van der Waals surface area contributed by atoms with E-state index in [1.54, 1.807) is 29.0 Å². The van der Waals surface area contributed by atoms with Crippen molar-refractivity contribution in [1.29, 1.82) is 5.26 Å². The number of phenols is 1. The summed E-state index contributed by atoms with van der Waals surface area (Å²) < 4.78 is 31.4. The highest BCUT2D eigenvalue weighted by molar-refractivity contribution is 6.40. The number of phenolic OH excluding ortho intramolecular Hbond substituents is 1. The summed E-state index contributed by atoms with van der Waals surface area (Å²) in [6, 6.07) is 4.81. The molecule has 1 atom stereocenters. The average Bonchev–Trinajstić information content (AvgIpc) is 3.02. The maximum Gasteiger partial charge on any atom is 0.276 e. The summed E-state index contributed by atoms with van der Waals surface area (Å²) in [5.41, 5.74) is -0.361. The number of aromatic nitrogens is 3. The number of nitriles is 1. The third kappa shape index (κ3) is 5.24. The van der Waals surface area contributed by atoms with Gasteiger partial charge in [0.1, 0.15) is 22.3 Å². The molecular weight excluding hydrogens is 661 g/mol. The van der Waals surface area contributed by atoms with E-state index in [0.717, 1.165) is 0 Å². The quantitative estimate of drug-likeness (QED) is 0.138. The minimum absolute atomic E-state index is 0.0565. The number of rotatable bonds is 5. The lowest BCUT2D eigenvalue weighted by Crippen LogP contribution is -2.54. The fraction of sp³-hybridized carbons (Fsp3) is 0.281. The highest BCUT2D eigenvalue weighted by atomic mass is 35.5. The number of anilines is 1. The van der Waals surface area contributed by atoms with Crippen molar-refractivity contribution in [3.05, 3.63) is 84.9 Å². The Balaban J connectivity index is 1.94. The Hall–Kier alpha value is -4.24. The smallest absolute Gasteiger partial charge is 0.276 e. The van der Waals surface area contributed by atoms with E-state index < -0.39 is 38.6 Å². The summed E-state index contributed by atoms with van der Waals surface area (Å²) in [4.78, 5) is 39.4. The van der Waals surface area contributed by atoms with Gasteiger partial charge in [0.25, 0.3) is 5.56 Å². The lowest BCUT2D eigenvalue weighted by molar-refractivity contribution is -0.128. The number of benzene rings is 1. The van der Waals surface area contributed by atoms with Gasteiger partial charge in [0, 0.05) is 37.3 Å². The first-order valence-corrected chi connectivity index (χ1v) is 15.3. The molecule has 1 aromatic carbocycles. The third-order valence-electron chi connectivity index (χ3n) is 7.99.